The SMILES string of the molecule is CN=C(NCCc1ccc(S(C)(=O)=O)cc1)NCC1CCCN1Cc1ccccc1.I. The number of benzene rings is 2. The number of rotatable bonds is 8. The molecule has 3 rings (SSSR count). The number of halogens is 1. The number of nitrogens with one attached hydrogen (secondary N) is 2. The molecule has 1 unspecified atom stereocenters. The maximum Gasteiger partial charge on any atom is 0.191 e. The minimum Gasteiger partial charge on any atom is -0.356 e. The van der Waals surface area contributed by atoms with Crippen LogP contribution in [0.2, 0.25) is 0 Å². The van der Waals surface area contributed by atoms with Gasteiger partial charge in [-0.1, -0.05) is 42.5 Å². The van der Waals surface area contributed by atoms with E-state index in [2.05, 4.69) is 50.9 Å². The third-order valence-corrected chi connectivity index (χ3v) is 6.64. The molecule has 0 bridgehead atoms. The van der Waals surface area contributed by atoms with Crippen LogP contribution in [0.1, 0.15) is 24.0 Å². The molecule has 1 fully saturated rings. The van der Waals surface area contributed by atoms with E-state index in [-0.39, 0.29) is 24.0 Å². The van der Waals surface area contributed by atoms with Gasteiger partial charge in [0.2, 0.25) is 0 Å². The van der Waals surface area contributed by atoms with Crippen molar-refractivity contribution in [3.05, 3.63) is 65.7 Å². The number of aliphatic imine (C=N–C) groups is 1. The highest BCUT2D eigenvalue weighted by molar-refractivity contribution is 14.0. The highest BCUT2D eigenvalue weighted by Gasteiger charge is 2.24. The second-order valence-electron chi connectivity index (χ2n) is 7.80. The monoisotopic (exact) mass is 556 g/mol. The molecule has 1 aliphatic heterocycles. The number of nitrogens with zero attached hydrogens (tertiary/aromatic N) is 2. The van der Waals surface area contributed by atoms with Gasteiger partial charge in [-0.3, -0.25) is 9.89 Å². The topological polar surface area (TPSA) is 73.8 Å². The Bertz CT molecular complexity index is 934. The van der Waals surface area contributed by atoms with E-state index in [9.17, 15) is 8.42 Å². The van der Waals surface area contributed by atoms with Crippen LogP contribution < -0.4 is 10.6 Å². The van der Waals surface area contributed by atoms with E-state index < -0.39 is 9.84 Å². The Labute approximate surface area is 203 Å². The first-order valence-corrected chi connectivity index (χ1v) is 12.4. The van der Waals surface area contributed by atoms with Crippen LogP contribution in [-0.4, -0.2) is 58.3 Å². The molecule has 1 heterocycles. The van der Waals surface area contributed by atoms with Crippen LogP contribution in [0.3, 0.4) is 0 Å². The zero-order valence-corrected chi connectivity index (χ0v) is 21.4. The minimum atomic E-state index is -3.15. The van der Waals surface area contributed by atoms with Crippen molar-refractivity contribution in [1.29, 1.82) is 0 Å². The summed E-state index contributed by atoms with van der Waals surface area (Å²) < 4.78 is 23.1. The average Bonchev–Trinajstić information content (AvgIpc) is 3.18. The fourth-order valence-electron chi connectivity index (χ4n) is 3.82. The van der Waals surface area contributed by atoms with Gasteiger partial charge in [-0.2, -0.15) is 0 Å². The van der Waals surface area contributed by atoms with Crippen LogP contribution >= 0.6 is 24.0 Å². The molecular formula is C23H33IN4O2S. The first kappa shape index (κ1) is 25.6. The molecule has 6 nitrogen and oxygen atoms in total. The summed E-state index contributed by atoms with van der Waals surface area (Å²) in [6.07, 6.45) is 4.46. The van der Waals surface area contributed by atoms with Crippen LogP contribution in [0, 0.1) is 0 Å². The van der Waals surface area contributed by atoms with E-state index >= 15 is 0 Å². The molecule has 31 heavy (non-hydrogen) atoms. The Kier molecular flexibility index (Phi) is 10.2. The van der Waals surface area contributed by atoms with Crippen molar-refractivity contribution in [2.24, 2.45) is 4.99 Å². The van der Waals surface area contributed by atoms with E-state index in [1.807, 2.05) is 12.1 Å². The van der Waals surface area contributed by atoms with Crippen molar-refractivity contribution in [1.82, 2.24) is 15.5 Å². The highest BCUT2D eigenvalue weighted by atomic mass is 127. The maximum absolute atomic E-state index is 11.6. The van der Waals surface area contributed by atoms with Gasteiger partial charge in [0, 0.05) is 39.0 Å². The summed E-state index contributed by atoms with van der Waals surface area (Å²) in [6.45, 7) is 3.73. The summed E-state index contributed by atoms with van der Waals surface area (Å²) in [6, 6.07) is 18.2. The Hall–Kier alpha value is -1.65. The van der Waals surface area contributed by atoms with Crippen molar-refractivity contribution in [2.45, 2.75) is 36.7 Å². The Morgan fingerprint density at radius 2 is 1.77 bits per heavy atom. The van der Waals surface area contributed by atoms with Gasteiger partial charge in [-0.05, 0) is 49.1 Å². The fourth-order valence-corrected chi connectivity index (χ4v) is 4.45. The van der Waals surface area contributed by atoms with Gasteiger partial charge in [-0.15, -0.1) is 24.0 Å². The molecule has 1 aliphatic rings. The zero-order valence-electron chi connectivity index (χ0n) is 18.3. The van der Waals surface area contributed by atoms with Gasteiger partial charge in [0.25, 0.3) is 0 Å². The number of sulfone groups is 1. The molecule has 0 saturated carbocycles. The number of hydrogen-bond donors (Lipinski definition) is 2. The van der Waals surface area contributed by atoms with Gasteiger partial charge in [-0.25, -0.2) is 8.42 Å². The number of guanidine groups is 1. The quantitative estimate of drug-likeness (QED) is 0.297. The Morgan fingerprint density at radius 3 is 2.42 bits per heavy atom. The van der Waals surface area contributed by atoms with Crippen LogP contribution in [0.25, 0.3) is 0 Å². The second kappa shape index (κ2) is 12.4. The largest absolute Gasteiger partial charge is 0.356 e. The average molecular weight is 557 g/mol. The Balaban J connectivity index is 0.00000341. The van der Waals surface area contributed by atoms with E-state index in [0.29, 0.717) is 10.9 Å². The third-order valence-electron chi connectivity index (χ3n) is 5.51. The molecule has 0 spiro atoms. The maximum atomic E-state index is 11.6. The normalized spacial score (nSPS) is 17.2. The molecule has 1 saturated heterocycles. The predicted octanol–water partition coefficient (Wildman–Crippen LogP) is 3.08. The molecule has 1 atom stereocenters. The van der Waals surface area contributed by atoms with Gasteiger partial charge < -0.3 is 10.6 Å². The minimum absolute atomic E-state index is 0. The van der Waals surface area contributed by atoms with Crippen LogP contribution in [0.4, 0.5) is 0 Å². The Morgan fingerprint density at radius 1 is 1.06 bits per heavy atom. The van der Waals surface area contributed by atoms with Gasteiger partial charge >= 0.3 is 0 Å². The van der Waals surface area contributed by atoms with Crippen LogP contribution in [-0.2, 0) is 22.8 Å². The fraction of sp³-hybridized carbons (Fsp3) is 0.435. The number of hydrogen-bond acceptors (Lipinski definition) is 4. The lowest BCUT2D eigenvalue weighted by Gasteiger charge is -2.25. The summed E-state index contributed by atoms with van der Waals surface area (Å²) in [4.78, 5) is 7.23. The molecule has 2 N–H and O–H groups in total. The first-order chi connectivity index (χ1) is 14.5. The lowest BCUT2D eigenvalue weighted by Crippen LogP contribution is -2.45. The van der Waals surface area contributed by atoms with Crippen molar-refractivity contribution in [2.75, 3.05) is 32.9 Å². The molecular weight excluding hydrogens is 523 g/mol. The molecule has 0 aromatic heterocycles. The van der Waals surface area contributed by atoms with Crippen LogP contribution in [0.5, 0.6) is 0 Å². The van der Waals surface area contributed by atoms with E-state index in [1.54, 1.807) is 19.2 Å². The molecule has 2 aromatic carbocycles. The molecule has 170 valence electrons. The van der Waals surface area contributed by atoms with Gasteiger partial charge in [0.15, 0.2) is 15.8 Å². The predicted molar refractivity (Wildman–Crippen MR) is 138 cm³/mol. The highest BCUT2D eigenvalue weighted by Crippen LogP contribution is 2.19. The summed E-state index contributed by atoms with van der Waals surface area (Å²) in [5, 5.41) is 6.81. The second-order valence-corrected chi connectivity index (χ2v) is 9.81. The van der Waals surface area contributed by atoms with Crippen molar-refractivity contribution in [3.8, 4) is 0 Å². The van der Waals surface area contributed by atoms with Crippen LogP contribution in [0.15, 0.2) is 64.5 Å². The summed E-state index contributed by atoms with van der Waals surface area (Å²) in [5.41, 5.74) is 2.45. The molecule has 0 radical (unpaired) electrons. The molecule has 2 aromatic rings. The molecule has 0 aliphatic carbocycles. The van der Waals surface area contributed by atoms with E-state index in [0.717, 1.165) is 44.1 Å². The third kappa shape index (κ3) is 8.08. The lowest BCUT2D eigenvalue weighted by atomic mass is 10.1. The first-order valence-electron chi connectivity index (χ1n) is 10.5. The van der Waals surface area contributed by atoms with Gasteiger partial charge in [0.1, 0.15) is 0 Å². The number of likely N-dealkylation sites (tertiary alicyclic amines) is 1. The summed E-state index contributed by atoms with van der Waals surface area (Å²) in [5.74, 6) is 0.800. The van der Waals surface area contributed by atoms with Crippen molar-refractivity contribution < 1.29 is 8.42 Å². The van der Waals surface area contributed by atoms with Gasteiger partial charge in [0.05, 0.1) is 4.90 Å². The van der Waals surface area contributed by atoms with Crippen molar-refractivity contribution >= 4 is 39.8 Å². The summed E-state index contributed by atoms with van der Waals surface area (Å²) in [7, 11) is -1.36. The lowest BCUT2D eigenvalue weighted by molar-refractivity contribution is 0.245. The summed E-state index contributed by atoms with van der Waals surface area (Å²) >= 11 is 0. The van der Waals surface area contributed by atoms with Crippen molar-refractivity contribution in [3.63, 3.8) is 0 Å². The molecule has 0 amide bonds. The van der Waals surface area contributed by atoms with E-state index in [1.165, 1.54) is 24.7 Å². The smallest absolute Gasteiger partial charge is 0.191 e. The van der Waals surface area contributed by atoms with E-state index in [4.69, 9.17) is 0 Å². The molecule has 8 heteroatoms. The standard InChI is InChI=1S/C23H32N4O2S.HI/c1-24-23(25-15-14-19-10-12-22(13-11-19)30(2,28)29)26-17-21-9-6-16-27(21)18-20-7-4-3-5-8-20;/h3-5,7-8,10-13,21H,6,9,14-18H2,1-2H3,(H2,24,25,26);1H. The zero-order chi connectivity index (χ0) is 21.4.